The monoisotopic (exact) mass is 744 g/mol. The summed E-state index contributed by atoms with van der Waals surface area (Å²) in [5.74, 6) is -0.747. The van der Waals surface area contributed by atoms with E-state index in [9.17, 15) is 47.8 Å². The minimum atomic E-state index is -5.76. The van der Waals surface area contributed by atoms with Crippen LogP contribution in [-0.4, -0.2) is 87.9 Å². The zero-order valence-corrected chi connectivity index (χ0v) is 27.6. The van der Waals surface area contributed by atoms with Gasteiger partial charge in [0.2, 0.25) is 11.8 Å². The Hall–Kier alpha value is -3.10. The van der Waals surface area contributed by atoms with Crippen LogP contribution in [-0.2, 0) is 47.6 Å². The summed E-state index contributed by atoms with van der Waals surface area (Å²) in [7, 11) is -16.9. The SMILES string of the molecule is O=C(/C=C/c1cnc[nH]1)NCCCCCCNC(=O)Cc1cn([C@H]2C[C@H](O)[C@@H](COP(=O)(O)OP(=O)(O)OP(=O)(O)O)O2)c(=O)[nH]c1=O. The number of phosphoric ester groups is 1. The standard InChI is InChI=1S/C23H35N6O16P3/c30-17-10-21(43-18(17)13-42-47(38,39)45-48(40,41)44-46(35,36)37)29-12-15(22(33)28-23(29)34)9-20(32)26-8-4-2-1-3-7-25-19(31)6-5-16-11-24-14-27-16/h5-6,11-12,14,17-18,21,30H,1-4,7-10,13H2,(H,24,27)(H,25,31)(H,26,32)(H,38,39)(H,40,41)(H,28,33,34)(H2,35,36,37)/b6-5+/t17-,18+,21+/m0/s1. The average molecular weight is 744 g/mol. The van der Waals surface area contributed by atoms with Gasteiger partial charge in [-0.25, -0.2) is 23.5 Å². The molecule has 0 radical (unpaired) electrons. The number of phosphoric acid groups is 3. The lowest BCUT2D eigenvalue weighted by Crippen LogP contribution is -2.36. The van der Waals surface area contributed by atoms with Crippen molar-refractivity contribution >= 4 is 41.4 Å². The molecule has 0 bridgehead atoms. The molecule has 0 aliphatic carbocycles. The van der Waals surface area contributed by atoms with E-state index >= 15 is 0 Å². The number of nitrogens with one attached hydrogen (secondary N) is 4. The molecule has 1 saturated heterocycles. The minimum Gasteiger partial charge on any atom is -0.390 e. The van der Waals surface area contributed by atoms with Crippen molar-refractivity contribution in [3.05, 3.63) is 56.9 Å². The smallest absolute Gasteiger partial charge is 0.390 e. The van der Waals surface area contributed by atoms with Crippen LogP contribution in [0, 0.1) is 0 Å². The molecule has 0 saturated carbocycles. The highest BCUT2D eigenvalue weighted by Crippen LogP contribution is 2.66. The van der Waals surface area contributed by atoms with Crippen molar-refractivity contribution in [2.24, 2.45) is 0 Å². The number of rotatable bonds is 19. The number of carbonyl (C=O) groups excluding carboxylic acids is 2. The summed E-state index contributed by atoms with van der Waals surface area (Å²) in [6.45, 7) is -0.175. The Morgan fingerprint density at radius 2 is 1.73 bits per heavy atom. The van der Waals surface area contributed by atoms with Crippen molar-refractivity contribution in [2.75, 3.05) is 19.7 Å². The van der Waals surface area contributed by atoms with Gasteiger partial charge in [0.1, 0.15) is 12.3 Å². The van der Waals surface area contributed by atoms with Gasteiger partial charge in [-0.15, -0.1) is 0 Å². The molecule has 22 nitrogen and oxygen atoms in total. The fraction of sp³-hybridized carbons (Fsp3) is 0.522. The average Bonchev–Trinajstić information content (AvgIpc) is 3.61. The molecule has 1 aliphatic heterocycles. The second-order valence-corrected chi connectivity index (χ2v) is 14.6. The Morgan fingerprint density at radius 3 is 2.38 bits per heavy atom. The Kier molecular flexibility index (Phi) is 14.4. The van der Waals surface area contributed by atoms with E-state index < -0.39 is 72.1 Å². The predicted octanol–water partition coefficient (Wildman–Crippen LogP) is -0.700. The fourth-order valence-electron chi connectivity index (χ4n) is 4.23. The number of hydrogen-bond acceptors (Lipinski definition) is 13. The van der Waals surface area contributed by atoms with Crippen molar-refractivity contribution in [1.82, 2.24) is 30.2 Å². The van der Waals surface area contributed by atoms with Crippen LogP contribution in [0.1, 0.15) is 49.6 Å². The van der Waals surface area contributed by atoms with Crippen LogP contribution in [0.15, 0.2) is 34.4 Å². The first-order chi connectivity index (χ1) is 22.4. The summed E-state index contributed by atoms with van der Waals surface area (Å²) >= 11 is 0. The van der Waals surface area contributed by atoms with Crippen LogP contribution < -0.4 is 21.9 Å². The third kappa shape index (κ3) is 13.8. The topological polar surface area (TPSA) is 331 Å². The lowest BCUT2D eigenvalue weighted by Gasteiger charge is -2.19. The molecule has 3 rings (SSSR count). The summed E-state index contributed by atoms with van der Waals surface area (Å²) in [6, 6.07) is 0. The second-order valence-electron chi connectivity index (χ2n) is 10.2. The zero-order chi connectivity index (χ0) is 35.5. The number of carbonyl (C=O) groups is 2. The van der Waals surface area contributed by atoms with Crippen molar-refractivity contribution < 1.29 is 65.8 Å². The molecule has 2 aromatic rings. The molecule has 3 heterocycles. The maximum absolute atomic E-state index is 12.4. The van der Waals surface area contributed by atoms with Crippen LogP contribution in [0.5, 0.6) is 0 Å². The van der Waals surface area contributed by atoms with E-state index in [1.807, 2.05) is 4.98 Å². The highest BCUT2D eigenvalue weighted by atomic mass is 31.3. The number of aliphatic hydroxyl groups is 1. The second kappa shape index (κ2) is 17.5. The molecular formula is C23H35N6O16P3. The summed E-state index contributed by atoms with van der Waals surface area (Å²) in [6.07, 6.45) is 5.23. The number of H-pyrrole nitrogens is 2. The third-order valence-electron chi connectivity index (χ3n) is 6.38. The van der Waals surface area contributed by atoms with E-state index in [-0.39, 0.29) is 17.9 Å². The molecule has 5 atom stereocenters. The first kappa shape index (κ1) is 39.3. The van der Waals surface area contributed by atoms with Crippen molar-refractivity contribution in [1.29, 1.82) is 0 Å². The van der Waals surface area contributed by atoms with Crippen LogP contribution in [0.25, 0.3) is 6.08 Å². The molecule has 1 fully saturated rings. The van der Waals surface area contributed by atoms with Gasteiger partial charge in [-0.2, -0.15) is 8.62 Å². The van der Waals surface area contributed by atoms with Crippen LogP contribution in [0.4, 0.5) is 0 Å². The van der Waals surface area contributed by atoms with Gasteiger partial charge in [0.05, 0.1) is 37.3 Å². The third-order valence-corrected chi connectivity index (χ3v) is 10.2. The van der Waals surface area contributed by atoms with Gasteiger partial charge < -0.3 is 45.0 Å². The normalized spacial score (nSPS) is 20.7. The number of unbranched alkanes of at least 4 members (excludes halogenated alkanes) is 3. The van der Waals surface area contributed by atoms with Crippen molar-refractivity contribution in [3.63, 3.8) is 0 Å². The molecular weight excluding hydrogens is 709 g/mol. The van der Waals surface area contributed by atoms with Crippen LogP contribution >= 0.6 is 23.5 Å². The van der Waals surface area contributed by atoms with Gasteiger partial charge >= 0.3 is 29.2 Å². The molecule has 0 aromatic carbocycles. The summed E-state index contributed by atoms with van der Waals surface area (Å²) < 4.78 is 52.2. The van der Waals surface area contributed by atoms with Crippen molar-refractivity contribution in [2.45, 2.75) is 57.0 Å². The number of hydrogen-bond donors (Lipinski definition) is 9. The van der Waals surface area contributed by atoms with E-state index in [0.717, 1.165) is 30.0 Å². The summed E-state index contributed by atoms with van der Waals surface area (Å²) in [5.41, 5.74) is -1.21. The summed E-state index contributed by atoms with van der Waals surface area (Å²) in [4.78, 5) is 93.8. The quantitative estimate of drug-likeness (QED) is 0.0488. The molecule has 2 unspecified atom stereocenters. The van der Waals surface area contributed by atoms with Gasteiger partial charge in [-0.1, -0.05) is 12.8 Å². The van der Waals surface area contributed by atoms with Gasteiger partial charge in [0.15, 0.2) is 0 Å². The largest absolute Gasteiger partial charge is 0.490 e. The predicted molar refractivity (Wildman–Crippen MR) is 161 cm³/mol. The van der Waals surface area contributed by atoms with Gasteiger partial charge in [-0.05, 0) is 18.9 Å². The van der Waals surface area contributed by atoms with E-state index in [2.05, 4.69) is 33.7 Å². The van der Waals surface area contributed by atoms with E-state index in [0.29, 0.717) is 25.2 Å². The molecule has 268 valence electrons. The number of aromatic nitrogens is 4. The molecule has 0 spiro atoms. The van der Waals surface area contributed by atoms with Gasteiger partial charge in [-0.3, -0.25) is 28.5 Å². The molecule has 1 aliphatic rings. The molecule has 2 aromatic heterocycles. The number of aliphatic hydroxyl groups excluding tert-OH is 1. The van der Waals surface area contributed by atoms with Crippen LogP contribution in [0.2, 0.25) is 0 Å². The van der Waals surface area contributed by atoms with Gasteiger partial charge in [0, 0.05) is 37.3 Å². The first-order valence-corrected chi connectivity index (χ1v) is 18.6. The summed E-state index contributed by atoms with van der Waals surface area (Å²) in [5, 5.41) is 15.7. The zero-order valence-electron chi connectivity index (χ0n) is 24.9. The Balaban J connectivity index is 1.41. The van der Waals surface area contributed by atoms with Crippen molar-refractivity contribution in [3.8, 4) is 0 Å². The number of ether oxygens (including phenoxy) is 1. The lowest BCUT2D eigenvalue weighted by molar-refractivity contribution is -0.120. The van der Waals surface area contributed by atoms with Crippen LogP contribution in [0.3, 0.4) is 0 Å². The highest BCUT2D eigenvalue weighted by molar-refractivity contribution is 7.66. The number of imidazole rings is 1. The Bertz CT molecular complexity index is 1690. The lowest BCUT2D eigenvalue weighted by atomic mass is 10.2. The van der Waals surface area contributed by atoms with E-state index in [4.69, 9.17) is 14.5 Å². The molecule has 25 heteroatoms. The van der Waals surface area contributed by atoms with E-state index in [1.54, 1.807) is 12.3 Å². The maximum atomic E-state index is 12.4. The first-order valence-electron chi connectivity index (χ1n) is 14.1. The fourth-order valence-corrected chi connectivity index (χ4v) is 7.26. The van der Waals surface area contributed by atoms with E-state index in [1.165, 1.54) is 12.4 Å². The Labute approximate surface area is 271 Å². The number of aromatic amines is 2. The Morgan fingerprint density at radius 1 is 1.04 bits per heavy atom. The molecule has 9 N–H and O–H groups in total. The highest BCUT2D eigenvalue weighted by Gasteiger charge is 2.43. The minimum absolute atomic E-state index is 0.112. The molecule has 48 heavy (non-hydrogen) atoms. The van der Waals surface area contributed by atoms with Gasteiger partial charge in [0.25, 0.3) is 5.56 Å². The maximum Gasteiger partial charge on any atom is 0.490 e. The number of nitrogens with zero attached hydrogens (tertiary/aromatic N) is 2. The number of amides is 2. The molecule has 2 amide bonds.